The Balaban J connectivity index is 3.14. The second-order valence-electron chi connectivity index (χ2n) is 2.30. The van der Waals surface area contributed by atoms with Gasteiger partial charge in [-0.3, -0.25) is 0 Å². The summed E-state index contributed by atoms with van der Waals surface area (Å²) in [7, 11) is 1.53. The van der Waals surface area contributed by atoms with Crippen molar-refractivity contribution in [3.63, 3.8) is 0 Å². The van der Waals surface area contributed by atoms with Gasteiger partial charge in [0.25, 0.3) is 0 Å². The minimum absolute atomic E-state index is 0.180. The van der Waals surface area contributed by atoms with Gasteiger partial charge in [-0.1, -0.05) is 6.08 Å². The topological polar surface area (TPSA) is 54.0 Å². The Morgan fingerprint density at radius 1 is 1.21 bits per heavy atom. The Bertz CT molecular complexity index is 157. The Morgan fingerprint density at radius 3 is 2.43 bits per heavy atom. The van der Waals surface area contributed by atoms with Crippen LogP contribution in [-0.4, -0.2) is 46.3 Å². The molecular weight excluding hydrogens is 188 g/mol. The molecule has 0 aliphatic heterocycles. The van der Waals surface area contributed by atoms with Crippen LogP contribution >= 0.6 is 0 Å². The highest BCUT2D eigenvalue weighted by molar-refractivity contribution is 5.59. The molecule has 5 nitrogen and oxygen atoms in total. The van der Waals surface area contributed by atoms with Crippen molar-refractivity contribution < 1.29 is 23.7 Å². The number of ether oxygens (including phenoxy) is 4. The van der Waals surface area contributed by atoms with Crippen LogP contribution in [0.25, 0.3) is 0 Å². The maximum Gasteiger partial charge on any atom is 0.508 e. The number of carbonyl (C=O) groups is 1. The molecular formula is C9H16O5. The van der Waals surface area contributed by atoms with Crippen molar-refractivity contribution in [2.45, 2.75) is 0 Å². The van der Waals surface area contributed by atoms with Crippen molar-refractivity contribution in [3.8, 4) is 0 Å². The van der Waals surface area contributed by atoms with Crippen LogP contribution in [0.1, 0.15) is 0 Å². The Labute approximate surface area is 83.6 Å². The molecule has 0 bridgehead atoms. The predicted octanol–water partition coefficient (Wildman–Crippen LogP) is 0.989. The van der Waals surface area contributed by atoms with E-state index in [1.807, 2.05) is 0 Å². The highest BCUT2D eigenvalue weighted by Gasteiger charge is 2.01. The lowest BCUT2D eigenvalue weighted by Gasteiger charge is -2.05. The lowest BCUT2D eigenvalue weighted by molar-refractivity contribution is 0.0198. The van der Waals surface area contributed by atoms with Gasteiger partial charge in [-0.25, -0.2) is 4.79 Å². The van der Waals surface area contributed by atoms with Crippen LogP contribution in [0.2, 0.25) is 0 Å². The van der Waals surface area contributed by atoms with Gasteiger partial charge in [0.15, 0.2) is 0 Å². The van der Waals surface area contributed by atoms with Crippen molar-refractivity contribution in [2.24, 2.45) is 0 Å². The van der Waals surface area contributed by atoms with E-state index >= 15 is 0 Å². The van der Waals surface area contributed by atoms with Crippen LogP contribution in [0.4, 0.5) is 4.79 Å². The highest BCUT2D eigenvalue weighted by atomic mass is 16.7. The summed E-state index contributed by atoms with van der Waals surface area (Å²) in [6.45, 7) is 5.00. The van der Waals surface area contributed by atoms with E-state index in [1.165, 1.54) is 7.11 Å². The first-order valence-electron chi connectivity index (χ1n) is 4.28. The molecule has 0 rings (SSSR count). The molecule has 0 aromatic carbocycles. The van der Waals surface area contributed by atoms with Crippen LogP contribution in [0.3, 0.4) is 0 Å². The molecule has 0 fully saturated rings. The SMILES string of the molecule is C=CCOCCOC(=O)OCCOC. The average Bonchev–Trinajstić information content (AvgIpc) is 2.18. The fourth-order valence-corrected chi connectivity index (χ4v) is 0.601. The van der Waals surface area contributed by atoms with Crippen molar-refractivity contribution in [3.05, 3.63) is 12.7 Å². The predicted molar refractivity (Wildman–Crippen MR) is 50.2 cm³/mol. The third-order valence-corrected chi connectivity index (χ3v) is 1.19. The van der Waals surface area contributed by atoms with Crippen molar-refractivity contribution >= 4 is 6.16 Å². The van der Waals surface area contributed by atoms with Gasteiger partial charge in [0.2, 0.25) is 0 Å². The van der Waals surface area contributed by atoms with E-state index in [2.05, 4.69) is 20.8 Å². The van der Waals surface area contributed by atoms with Crippen molar-refractivity contribution in [1.82, 2.24) is 0 Å². The van der Waals surface area contributed by atoms with Crippen LogP contribution in [-0.2, 0) is 18.9 Å². The summed E-state index contributed by atoms with van der Waals surface area (Å²) >= 11 is 0. The van der Waals surface area contributed by atoms with Crippen LogP contribution in [0.5, 0.6) is 0 Å². The van der Waals surface area contributed by atoms with Crippen LogP contribution in [0.15, 0.2) is 12.7 Å². The second kappa shape index (κ2) is 10.0. The quantitative estimate of drug-likeness (QED) is 0.335. The van der Waals surface area contributed by atoms with E-state index in [0.717, 1.165) is 0 Å². The van der Waals surface area contributed by atoms with Crippen LogP contribution in [0, 0.1) is 0 Å². The molecule has 14 heavy (non-hydrogen) atoms. The summed E-state index contributed by atoms with van der Waals surface area (Å²) in [5.41, 5.74) is 0. The number of methoxy groups -OCH3 is 1. The fourth-order valence-electron chi connectivity index (χ4n) is 0.601. The minimum atomic E-state index is -0.704. The fraction of sp³-hybridized carbons (Fsp3) is 0.667. The van der Waals surface area contributed by atoms with Gasteiger partial charge >= 0.3 is 6.16 Å². The molecule has 0 unspecified atom stereocenters. The van der Waals surface area contributed by atoms with Gasteiger partial charge in [0.05, 0.1) is 19.8 Å². The van der Waals surface area contributed by atoms with E-state index < -0.39 is 6.16 Å². The van der Waals surface area contributed by atoms with Gasteiger partial charge in [0, 0.05) is 7.11 Å². The molecule has 0 N–H and O–H groups in total. The van der Waals surface area contributed by atoms with Crippen molar-refractivity contribution in [2.75, 3.05) is 40.1 Å². The Hall–Kier alpha value is -1.07. The van der Waals surface area contributed by atoms with E-state index in [4.69, 9.17) is 4.74 Å². The van der Waals surface area contributed by atoms with Gasteiger partial charge in [-0.2, -0.15) is 0 Å². The molecule has 0 amide bonds. The van der Waals surface area contributed by atoms with Gasteiger partial charge < -0.3 is 18.9 Å². The standard InChI is InChI=1S/C9H16O5/c1-3-4-12-6-8-14-9(10)13-7-5-11-2/h3H,1,4-8H2,2H3. The molecule has 0 aromatic heterocycles. The first-order valence-corrected chi connectivity index (χ1v) is 4.28. The molecule has 0 saturated heterocycles. The molecule has 0 spiro atoms. The van der Waals surface area contributed by atoms with E-state index in [-0.39, 0.29) is 13.2 Å². The zero-order chi connectivity index (χ0) is 10.6. The van der Waals surface area contributed by atoms with Gasteiger partial charge in [0.1, 0.15) is 13.2 Å². The molecule has 0 aromatic rings. The third-order valence-electron chi connectivity index (χ3n) is 1.19. The normalized spacial score (nSPS) is 9.50. The van der Waals surface area contributed by atoms with Gasteiger partial charge in [-0.15, -0.1) is 6.58 Å². The highest BCUT2D eigenvalue weighted by Crippen LogP contribution is 1.86. The van der Waals surface area contributed by atoms with Crippen molar-refractivity contribution in [1.29, 1.82) is 0 Å². The van der Waals surface area contributed by atoms with E-state index in [1.54, 1.807) is 6.08 Å². The third kappa shape index (κ3) is 9.02. The minimum Gasteiger partial charge on any atom is -0.432 e. The largest absolute Gasteiger partial charge is 0.508 e. The lowest BCUT2D eigenvalue weighted by atomic mass is 10.7. The monoisotopic (exact) mass is 204 g/mol. The smallest absolute Gasteiger partial charge is 0.432 e. The Kier molecular flexibility index (Phi) is 9.25. The lowest BCUT2D eigenvalue weighted by Crippen LogP contribution is -2.14. The average molecular weight is 204 g/mol. The van der Waals surface area contributed by atoms with E-state index in [9.17, 15) is 4.79 Å². The second-order valence-corrected chi connectivity index (χ2v) is 2.30. The first-order chi connectivity index (χ1) is 6.81. The maximum absolute atomic E-state index is 10.8. The molecule has 0 aliphatic rings. The molecule has 0 radical (unpaired) electrons. The van der Waals surface area contributed by atoms with Gasteiger partial charge in [-0.05, 0) is 0 Å². The number of carbonyl (C=O) groups excluding carboxylic acids is 1. The molecule has 0 atom stereocenters. The van der Waals surface area contributed by atoms with Crippen LogP contribution < -0.4 is 0 Å². The summed E-state index contributed by atoms with van der Waals surface area (Å²) in [5, 5.41) is 0. The molecule has 5 heteroatoms. The molecule has 0 saturated carbocycles. The molecule has 0 heterocycles. The van der Waals surface area contributed by atoms with E-state index in [0.29, 0.717) is 19.8 Å². The summed E-state index contributed by atoms with van der Waals surface area (Å²) < 4.78 is 19.0. The number of hydrogen-bond donors (Lipinski definition) is 0. The molecule has 0 aliphatic carbocycles. The summed E-state index contributed by atoms with van der Waals surface area (Å²) in [5.74, 6) is 0. The summed E-state index contributed by atoms with van der Waals surface area (Å²) in [4.78, 5) is 10.8. The summed E-state index contributed by atoms with van der Waals surface area (Å²) in [6, 6.07) is 0. The zero-order valence-corrected chi connectivity index (χ0v) is 8.36. The number of hydrogen-bond acceptors (Lipinski definition) is 5. The first kappa shape index (κ1) is 12.9. The summed E-state index contributed by atoms with van der Waals surface area (Å²) in [6.07, 6.45) is 0.918. The Morgan fingerprint density at radius 2 is 1.86 bits per heavy atom. The maximum atomic E-state index is 10.8. The molecule has 82 valence electrons. The zero-order valence-electron chi connectivity index (χ0n) is 8.36. The number of rotatable bonds is 8.